The van der Waals surface area contributed by atoms with Crippen LogP contribution in [0.25, 0.3) is 0 Å². The molecule has 1 saturated heterocycles. The number of rotatable bonds is 8. The van der Waals surface area contributed by atoms with Crippen molar-refractivity contribution in [2.24, 2.45) is 5.92 Å². The molecule has 0 spiro atoms. The molecule has 1 atom stereocenters. The number of anilines is 1. The molecule has 2 amide bonds. The number of benzene rings is 2. The molecule has 0 aromatic heterocycles. The topological polar surface area (TPSA) is 77.1 Å². The van der Waals surface area contributed by atoms with Crippen LogP contribution in [0.1, 0.15) is 17.5 Å². The molecule has 0 bridgehead atoms. The lowest BCUT2D eigenvalue weighted by atomic mass is 10.1. The molecule has 2 aromatic rings. The standard InChI is InChI=1S/C23H28N2O5/c1-15-6-5-7-16(10-15)8-9-24-23(27)17-11-21(26)25(14-17)18-12-19(28-2)22(30-4)20(13-18)29-3/h5-7,10,12-13,17H,8-9,11,14H2,1-4H3,(H,24,27)/t17-/m1/s1. The second kappa shape index (κ2) is 9.52. The summed E-state index contributed by atoms with van der Waals surface area (Å²) in [5.41, 5.74) is 2.99. The number of aryl methyl sites for hydroxylation is 1. The van der Waals surface area contributed by atoms with E-state index in [-0.39, 0.29) is 18.2 Å². The van der Waals surface area contributed by atoms with E-state index in [1.54, 1.807) is 17.0 Å². The first-order chi connectivity index (χ1) is 14.5. The maximum atomic E-state index is 12.6. The van der Waals surface area contributed by atoms with Crippen LogP contribution in [0.3, 0.4) is 0 Å². The first-order valence-electron chi connectivity index (χ1n) is 9.90. The van der Waals surface area contributed by atoms with E-state index in [0.717, 1.165) is 6.42 Å². The van der Waals surface area contributed by atoms with Gasteiger partial charge >= 0.3 is 0 Å². The van der Waals surface area contributed by atoms with Crippen LogP contribution in [-0.4, -0.2) is 46.2 Å². The van der Waals surface area contributed by atoms with Gasteiger partial charge in [0.1, 0.15) is 0 Å². The number of carbonyl (C=O) groups is 2. The Labute approximate surface area is 176 Å². The average Bonchev–Trinajstić information content (AvgIpc) is 3.14. The monoisotopic (exact) mass is 412 g/mol. The lowest BCUT2D eigenvalue weighted by molar-refractivity contribution is -0.126. The summed E-state index contributed by atoms with van der Waals surface area (Å²) in [5.74, 6) is 0.778. The second-order valence-corrected chi connectivity index (χ2v) is 7.32. The molecule has 1 heterocycles. The van der Waals surface area contributed by atoms with Gasteiger partial charge in [-0.1, -0.05) is 29.8 Å². The minimum absolute atomic E-state index is 0.106. The van der Waals surface area contributed by atoms with Crippen LogP contribution in [0.4, 0.5) is 5.69 Å². The highest BCUT2D eigenvalue weighted by molar-refractivity contribution is 6.00. The Kier molecular flexibility index (Phi) is 6.82. The molecule has 0 aliphatic carbocycles. The van der Waals surface area contributed by atoms with Crippen molar-refractivity contribution in [3.05, 3.63) is 47.5 Å². The van der Waals surface area contributed by atoms with E-state index < -0.39 is 5.92 Å². The summed E-state index contributed by atoms with van der Waals surface area (Å²) in [6.45, 7) is 2.90. The molecule has 1 N–H and O–H groups in total. The van der Waals surface area contributed by atoms with Crippen LogP contribution >= 0.6 is 0 Å². The van der Waals surface area contributed by atoms with E-state index in [4.69, 9.17) is 14.2 Å². The zero-order valence-electron chi connectivity index (χ0n) is 17.9. The fraction of sp³-hybridized carbons (Fsp3) is 0.391. The Balaban J connectivity index is 1.65. The SMILES string of the molecule is COc1cc(N2C[C@H](C(=O)NCCc3cccc(C)c3)CC2=O)cc(OC)c1OC. The van der Waals surface area contributed by atoms with Gasteiger partial charge in [-0.05, 0) is 18.9 Å². The maximum absolute atomic E-state index is 12.6. The number of methoxy groups -OCH3 is 3. The molecule has 0 unspecified atom stereocenters. The van der Waals surface area contributed by atoms with Crippen LogP contribution in [0.5, 0.6) is 17.2 Å². The number of hydrogen-bond acceptors (Lipinski definition) is 5. The Bertz CT molecular complexity index is 903. The molecule has 1 fully saturated rings. The number of hydrogen-bond donors (Lipinski definition) is 1. The van der Waals surface area contributed by atoms with Gasteiger partial charge in [0.2, 0.25) is 17.6 Å². The van der Waals surface area contributed by atoms with E-state index in [0.29, 0.717) is 36.0 Å². The van der Waals surface area contributed by atoms with Crippen molar-refractivity contribution >= 4 is 17.5 Å². The molecule has 3 rings (SSSR count). The first kappa shape index (κ1) is 21.5. The molecule has 2 aromatic carbocycles. The molecule has 0 radical (unpaired) electrons. The minimum atomic E-state index is -0.394. The Hall–Kier alpha value is -3.22. The third-order valence-electron chi connectivity index (χ3n) is 5.25. The van der Waals surface area contributed by atoms with E-state index in [9.17, 15) is 9.59 Å². The quantitative estimate of drug-likeness (QED) is 0.722. The van der Waals surface area contributed by atoms with E-state index in [1.165, 1.54) is 32.5 Å². The predicted molar refractivity (Wildman–Crippen MR) is 114 cm³/mol. The van der Waals surface area contributed by atoms with Gasteiger partial charge in [0.25, 0.3) is 0 Å². The van der Waals surface area contributed by atoms with E-state index in [1.807, 2.05) is 25.1 Å². The van der Waals surface area contributed by atoms with Gasteiger partial charge in [-0.3, -0.25) is 9.59 Å². The van der Waals surface area contributed by atoms with E-state index in [2.05, 4.69) is 11.4 Å². The van der Waals surface area contributed by atoms with Crippen molar-refractivity contribution in [2.75, 3.05) is 39.3 Å². The van der Waals surface area contributed by atoms with Gasteiger partial charge < -0.3 is 24.4 Å². The number of ether oxygens (including phenoxy) is 3. The second-order valence-electron chi connectivity index (χ2n) is 7.32. The highest BCUT2D eigenvalue weighted by atomic mass is 16.5. The first-order valence-corrected chi connectivity index (χ1v) is 9.90. The highest BCUT2D eigenvalue weighted by Gasteiger charge is 2.35. The zero-order chi connectivity index (χ0) is 21.7. The molecule has 0 saturated carbocycles. The van der Waals surface area contributed by atoms with Crippen LogP contribution in [-0.2, 0) is 16.0 Å². The van der Waals surface area contributed by atoms with E-state index >= 15 is 0 Å². The summed E-state index contributed by atoms with van der Waals surface area (Å²) in [7, 11) is 4.58. The summed E-state index contributed by atoms with van der Waals surface area (Å²) in [6, 6.07) is 11.7. The van der Waals surface area contributed by atoms with Crippen molar-refractivity contribution in [1.82, 2.24) is 5.32 Å². The van der Waals surface area contributed by atoms with Gasteiger partial charge in [0.15, 0.2) is 11.5 Å². The fourth-order valence-corrected chi connectivity index (χ4v) is 3.70. The largest absolute Gasteiger partial charge is 0.493 e. The summed E-state index contributed by atoms with van der Waals surface area (Å²) < 4.78 is 16.1. The van der Waals surface area contributed by atoms with Gasteiger partial charge in [-0.15, -0.1) is 0 Å². The number of amides is 2. The average molecular weight is 412 g/mol. The molecule has 7 nitrogen and oxygen atoms in total. The molecular weight excluding hydrogens is 384 g/mol. The van der Waals surface area contributed by atoms with Gasteiger partial charge in [0.05, 0.1) is 32.9 Å². The number of nitrogens with one attached hydrogen (secondary N) is 1. The van der Waals surface area contributed by atoms with Crippen LogP contribution < -0.4 is 24.4 Å². The summed E-state index contributed by atoms with van der Waals surface area (Å²) >= 11 is 0. The smallest absolute Gasteiger partial charge is 0.227 e. The third-order valence-corrected chi connectivity index (χ3v) is 5.25. The maximum Gasteiger partial charge on any atom is 0.227 e. The Morgan fingerprint density at radius 2 is 1.80 bits per heavy atom. The van der Waals surface area contributed by atoms with Crippen molar-refractivity contribution in [3.63, 3.8) is 0 Å². The lowest BCUT2D eigenvalue weighted by Crippen LogP contribution is -2.34. The summed E-state index contributed by atoms with van der Waals surface area (Å²) in [4.78, 5) is 26.8. The van der Waals surface area contributed by atoms with Gasteiger partial charge in [0, 0.05) is 31.6 Å². The summed E-state index contributed by atoms with van der Waals surface area (Å²) in [6.07, 6.45) is 0.928. The molecule has 7 heteroatoms. The van der Waals surface area contributed by atoms with Crippen molar-refractivity contribution in [1.29, 1.82) is 0 Å². The van der Waals surface area contributed by atoms with Gasteiger partial charge in [-0.25, -0.2) is 0 Å². The normalized spacial score (nSPS) is 15.8. The van der Waals surface area contributed by atoms with Crippen LogP contribution in [0.15, 0.2) is 36.4 Å². The predicted octanol–water partition coefficient (Wildman–Crippen LogP) is 2.73. The lowest BCUT2D eigenvalue weighted by Gasteiger charge is -2.20. The molecule has 1 aliphatic rings. The Morgan fingerprint density at radius 3 is 2.40 bits per heavy atom. The molecule has 30 heavy (non-hydrogen) atoms. The molecule has 1 aliphatic heterocycles. The third kappa shape index (κ3) is 4.67. The highest BCUT2D eigenvalue weighted by Crippen LogP contribution is 2.42. The van der Waals surface area contributed by atoms with Crippen LogP contribution in [0.2, 0.25) is 0 Å². The Morgan fingerprint density at radius 1 is 1.10 bits per heavy atom. The zero-order valence-corrected chi connectivity index (χ0v) is 17.9. The van der Waals surface area contributed by atoms with Crippen LogP contribution in [0, 0.1) is 12.8 Å². The van der Waals surface area contributed by atoms with Crippen molar-refractivity contribution < 1.29 is 23.8 Å². The number of carbonyl (C=O) groups excluding carboxylic acids is 2. The van der Waals surface area contributed by atoms with Crippen molar-refractivity contribution in [3.8, 4) is 17.2 Å². The molecule has 160 valence electrons. The van der Waals surface area contributed by atoms with Gasteiger partial charge in [-0.2, -0.15) is 0 Å². The summed E-state index contributed by atoms with van der Waals surface area (Å²) in [5, 5.41) is 2.96. The number of nitrogens with zero attached hydrogens (tertiary/aromatic N) is 1. The fourth-order valence-electron chi connectivity index (χ4n) is 3.70. The van der Waals surface area contributed by atoms with Crippen molar-refractivity contribution in [2.45, 2.75) is 19.8 Å². The molecular formula is C23H28N2O5. The minimum Gasteiger partial charge on any atom is -0.493 e.